The van der Waals surface area contributed by atoms with E-state index in [-0.39, 0.29) is 25.2 Å². The number of hydrogen-bond donors (Lipinski definition) is 0. The van der Waals surface area contributed by atoms with E-state index in [4.69, 9.17) is 9.47 Å². The average Bonchev–Trinajstić information content (AvgIpc) is 2.64. The number of carbonyl (C=O) groups is 2. The van der Waals surface area contributed by atoms with Gasteiger partial charge in [0.2, 0.25) is 0 Å². The number of carbonyl (C=O) groups excluding carboxylic acids is 2. The van der Waals surface area contributed by atoms with Crippen molar-refractivity contribution in [2.24, 2.45) is 0 Å². The highest BCUT2D eigenvalue weighted by molar-refractivity contribution is 5.81. The first-order valence-corrected chi connectivity index (χ1v) is 8.65. The van der Waals surface area contributed by atoms with E-state index < -0.39 is 5.97 Å². The van der Waals surface area contributed by atoms with Gasteiger partial charge in [0, 0.05) is 12.6 Å². The zero-order valence-corrected chi connectivity index (χ0v) is 15.5. The molecule has 0 bridgehead atoms. The lowest BCUT2D eigenvalue weighted by atomic mass is 10.2. The Hall–Kier alpha value is -2.82. The predicted molar refractivity (Wildman–Crippen MR) is 99.8 cm³/mol. The van der Waals surface area contributed by atoms with Crippen LogP contribution in [0.25, 0.3) is 0 Å². The van der Waals surface area contributed by atoms with E-state index in [2.05, 4.69) is 0 Å². The van der Waals surface area contributed by atoms with Crippen LogP contribution in [0.4, 0.5) is 0 Å². The van der Waals surface area contributed by atoms with Gasteiger partial charge in [0.1, 0.15) is 5.75 Å². The molecule has 0 aliphatic heterocycles. The van der Waals surface area contributed by atoms with E-state index in [1.807, 2.05) is 69.3 Å². The minimum absolute atomic E-state index is 0.00428. The van der Waals surface area contributed by atoms with Gasteiger partial charge >= 0.3 is 5.97 Å². The van der Waals surface area contributed by atoms with E-state index in [9.17, 15) is 9.59 Å². The molecule has 0 N–H and O–H groups in total. The molecule has 2 aromatic carbocycles. The summed E-state index contributed by atoms with van der Waals surface area (Å²) >= 11 is 0. The number of para-hydroxylation sites is 1. The maximum atomic E-state index is 12.4. The summed E-state index contributed by atoms with van der Waals surface area (Å²) < 4.78 is 10.5. The molecule has 138 valence electrons. The molecule has 0 heterocycles. The van der Waals surface area contributed by atoms with Crippen LogP contribution >= 0.6 is 0 Å². The minimum atomic E-state index is -0.565. The Bertz CT molecular complexity index is 728. The number of hydrogen-bond acceptors (Lipinski definition) is 4. The highest BCUT2D eigenvalue weighted by Gasteiger charge is 2.19. The minimum Gasteiger partial charge on any atom is -0.482 e. The maximum absolute atomic E-state index is 12.4. The smallest absolute Gasteiger partial charge is 0.344 e. The SMILES string of the molecule is Cc1ccccc1OCC(=O)OCC(=O)N(Cc1ccccc1)C(C)C. The molecule has 0 unspecified atom stereocenters. The molecule has 0 aliphatic rings. The van der Waals surface area contributed by atoms with Crippen molar-refractivity contribution < 1.29 is 19.1 Å². The van der Waals surface area contributed by atoms with Crippen LogP contribution in [-0.4, -0.2) is 36.0 Å². The molecule has 0 aromatic heterocycles. The molecular formula is C21H25NO4. The van der Waals surface area contributed by atoms with Crippen molar-refractivity contribution in [3.05, 3.63) is 65.7 Å². The normalized spacial score (nSPS) is 10.5. The van der Waals surface area contributed by atoms with Gasteiger partial charge in [-0.3, -0.25) is 4.79 Å². The largest absolute Gasteiger partial charge is 0.482 e. The van der Waals surface area contributed by atoms with Crippen LogP contribution in [-0.2, 0) is 20.9 Å². The first-order chi connectivity index (χ1) is 12.5. The van der Waals surface area contributed by atoms with Crippen LogP contribution in [0.2, 0.25) is 0 Å². The summed E-state index contributed by atoms with van der Waals surface area (Å²) in [4.78, 5) is 26.0. The fraction of sp³-hybridized carbons (Fsp3) is 0.333. The first kappa shape index (κ1) is 19.5. The zero-order chi connectivity index (χ0) is 18.9. The van der Waals surface area contributed by atoms with Gasteiger partial charge in [-0.15, -0.1) is 0 Å². The third-order valence-electron chi connectivity index (χ3n) is 3.94. The second kappa shape index (κ2) is 9.61. The highest BCUT2D eigenvalue weighted by Crippen LogP contribution is 2.16. The van der Waals surface area contributed by atoms with E-state index >= 15 is 0 Å². The van der Waals surface area contributed by atoms with E-state index in [1.165, 1.54) is 0 Å². The third-order valence-corrected chi connectivity index (χ3v) is 3.94. The van der Waals surface area contributed by atoms with Crippen molar-refractivity contribution in [1.29, 1.82) is 0 Å². The quantitative estimate of drug-likeness (QED) is 0.682. The van der Waals surface area contributed by atoms with Crippen LogP contribution in [0.1, 0.15) is 25.0 Å². The monoisotopic (exact) mass is 355 g/mol. The lowest BCUT2D eigenvalue weighted by Gasteiger charge is -2.26. The number of ether oxygens (including phenoxy) is 2. The Labute approximate surface area is 154 Å². The topological polar surface area (TPSA) is 55.8 Å². The lowest BCUT2D eigenvalue weighted by Crippen LogP contribution is -2.39. The number of amides is 1. The molecule has 1 amide bonds. The van der Waals surface area contributed by atoms with Crippen LogP contribution in [0.5, 0.6) is 5.75 Å². The first-order valence-electron chi connectivity index (χ1n) is 8.65. The fourth-order valence-corrected chi connectivity index (χ4v) is 2.46. The van der Waals surface area contributed by atoms with Crippen molar-refractivity contribution in [3.63, 3.8) is 0 Å². The molecule has 0 fully saturated rings. The van der Waals surface area contributed by atoms with Crippen molar-refractivity contribution in [1.82, 2.24) is 4.90 Å². The molecule has 5 nitrogen and oxygen atoms in total. The Morgan fingerprint density at radius 1 is 0.962 bits per heavy atom. The van der Waals surface area contributed by atoms with Gasteiger partial charge < -0.3 is 14.4 Å². The summed E-state index contributed by atoms with van der Waals surface area (Å²) in [7, 11) is 0. The van der Waals surface area contributed by atoms with Gasteiger partial charge in [-0.25, -0.2) is 4.79 Å². The maximum Gasteiger partial charge on any atom is 0.344 e. The number of esters is 1. The molecule has 5 heteroatoms. The van der Waals surface area contributed by atoms with Gasteiger partial charge in [-0.2, -0.15) is 0 Å². The van der Waals surface area contributed by atoms with Crippen LogP contribution in [0.15, 0.2) is 54.6 Å². The van der Waals surface area contributed by atoms with Gasteiger partial charge in [0.05, 0.1) is 0 Å². The van der Waals surface area contributed by atoms with E-state index in [0.717, 1.165) is 11.1 Å². The number of nitrogens with zero attached hydrogens (tertiary/aromatic N) is 1. The molecule has 0 spiro atoms. The predicted octanol–water partition coefficient (Wildman–Crippen LogP) is 3.35. The third kappa shape index (κ3) is 5.92. The van der Waals surface area contributed by atoms with Crippen LogP contribution < -0.4 is 4.74 Å². The number of aryl methyl sites for hydroxylation is 1. The van der Waals surface area contributed by atoms with Gasteiger partial charge in [-0.1, -0.05) is 48.5 Å². The van der Waals surface area contributed by atoms with Crippen molar-refractivity contribution in [3.8, 4) is 5.75 Å². The Morgan fingerprint density at radius 2 is 1.62 bits per heavy atom. The molecule has 0 aliphatic carbocycles. The molecular weight excluding hydrogens is 330 g/mol. The van der Waals surface area contributed by atoms with Crippen LogP contribution in [0.3, 0.4) is 0 Å². The Morgan fingerprint density at radius 3 is 2.27 bits per heavy atom. The van der Waals surface area contributed by atoms with Gasteiger partial charge in [0.15, 0.2) is 13.2 Å². The van der Waals surface area contributed by atoms with Crippen LogP contribution in [0, 0.1) is 6.92 Å². The summed E-state index contributed by atoms with van der Waals surface area (Å²) in [5.41, 5.74) is 1.97. The standard InChI is InChI=1S/C21H25NO4/c1-16(2)22(13-18-10-5-4-6-11-18)20(23)14-26-21(24)15-25-19-12-8-7-9-17(19)3/h4-12,16H,13-15H2,1-3H3. The highest BCUT2D eigenvalue weighted by atomic mass is 16.6. The molecule has 26 heavy (non-hydrogen) atoms. The van der Waals surface area contributed by atoms with E-state index in [0.29, 0.717) is 12.3 Å². The summed E-state index contributed by atoms with van der Waals surface area (Å²) in [6.45, 7) is 5.73. The molecule has 0 atom stereocenters. The average molecular weight is 355 g/mol. The second-order valence-electron chi connectivity index (χ2n) is 6.32. The zero-order valence-electron chi connectivity index (χ0n) is 15.5. The number of rotatable bonds is 8. The molecule has 0 saturated heterocycles. The Kier molecular flexibility index (Phi) is 7.21. The fourth-order valence-electron chi connectivity index (χ4n) is 2.46. The molecule has 0 saturated carbocycles. The van der Waals surface area contributed by atoms with Gasteiger partial charge in [0.25, 0.3) is 5.91 Å². The summed E-state index contributed by atoms with van der Waals surface area (Å²) in [5.74, 6) is -0.165. The van der Waals surface area contributed by atoms with E-state index in [1.54, 1.807) is 11.0 Å². The molecule has 0 radical (unpaired) electrons. The Balaban J connectivity index is 1.83. The lowest BCUT2D eigenvalue weighted by molar-refractivity contribution is -0.154. The van der Waals surface area contributed by atoms with Crippen molar-refractivity contribution in [2.45, 2.75) is 33.4 Å². The van der Waals surface area contributed by atoms with Gasteiger partial charge in [-0.05, 0) is 38.0 Å². The van der Waals surface area contributed by atoms with Crippen molar-refractivity contribution >= 4 is 11.9 Å². The summed E-state index contributed by atoms with van der Waals surface area (Å²) in [5, 5.41) is 0. The molecule has 2 rings (SSSR count). The van der Waals surface area contributed by atoms with Crippen molar-refractivity contribution in [2.75, 3.05) is 13.2 Å². The number of benzene rings is 2. The summed E-state index contributed by atoms with van der Waals surface area (Å²) in [6.07, 6.45) is 0. The second-order valence-corrected chi connectivity index (χ2v) is 6.32. The molecule has 2 aromatic rings. The summed E-state index contributed by atoms with van der Waals surface area (Å²) in [6, 6.07) is 17.1.